The molecule has 4 rings (SSSR count). The Kier molecular flexibility index (Phi) is 1.37. The molecule has 4 nitrogen and oxygen atoms in total. The predicted octanol–water partition coefficient (Wildman–Crippen LogP) is 2.96. The summed E-state index contributed by atoms with van der Waals surface area (Å²) in [6.07, 6.45) is 1.56. The summed E-state index contributed by atoms with van der Waals surface area (Å²) >= 11 is 0. The number of hydrogen-bond donors (Lipinski definition) is 0. The topological polar surface area (TPSA) is 53.5 Å². The second-order valence-electron chi connectivity index (χ2n) is 3.58. The highest BCUT2D eigenvalue weighted by Gasteiger charge is 2.22. The molecule has 0 saturated heterocycles. The Balaban J connectivity index is 2.44. The lowest BCUT2D eigenvalue weighted by Gasteiger charge is -1.86. The minimum atomic E-state index is -1.22. The molecule has 0 saturated carbocycles. The van der Waals surface area contributed by atoms with Crippen LogP contribution >= 0.6 is 10.8 Å². The molecule has 0 amide bonds. The molecule has 0 fully saturated rings. The minimum absolute atomic E-state index is 0.551. The van der Waals surface area contributed by atoms with Crippen LogP contribution in [0.15, 0.2) is 41.0 Å². The van der Waals surface area contributed by atoms with Crippen LogP contribution in [0, 0.1) is 0 Å². The van der Waals surface area contributed by atoms with Crippen LogP contribution in [0.25, 0.3) is 26.4 Å². The van der Waals surface area contributed by atoms with Gasteiger partial charge in [0, 0.05) is 16.8 Å². The summed E-state index contributed by atoms with van der Waals surface area (Å²) in [6.45, 7) is 0. The summed E-state index contributed by atoms with van der Waals surface area (Å²) in [6, 6.07) is 9.42. The van der Waals surface area contributed by atoms with Crippen molar-refractivity contribution in [2.45, 2.75) is 0 Å². The fourth-order valence-electron chi connectivity index (χ4n) is 2.02. The molecule has 3 aromatic heterocycles. The molecule has 0 aliphatic heterocycles. The fraction of sp³-hybridized carbons (Fsp3) is 0. The molecule has 1 aromatic carbocycles. The SMILES string of the molecule is [O-][s+]1c2ccoc2n2c3ccccc3nc21. The van der Waals surface area contributed by atoms with Crippen molar-refractivity contribution in [2.75, 3.05) is 0 Å². The number of hydrogen-bond acceptors (Lipinski definition) is 3. The highest BCUT2D eigenvalue weighted by molar-refractivity contribution is 7.35. The van der Waals surface area contributed by atoms with Crippen molar-refractivity contribution in [3.05, 3.63) is 36.6 Å². The van der Waals surface area contributed by atoms with Gasteiger partial charge in [-0.15, -0.1) is 0 Å². The average Bonchev–Trinajstić information content (AvgIpc) is 2.94. The van der Waals surface area contributed by atoms with Crippen molar-refractivity contribution in [1.29, 1.82) is 0 Å². The molecule has 0 aliphatic carbocycles. The predicted molar refractivity (Wildman–Crippen MR) is 61.1 cm³/mol. The number of thiazole rings is 1. The smallest absolute Gasteiger partial charge is 0.354 e. The molecule has 0 bridgehead atoms. The van der Waals surface area contributed by atoms with Crippen LogP contribution in [0.2, 0.25) is 0 Å². The number of imidazole rings is 1. The van der Waals surface area contributed by atoms with E-state index in [1.165, 1.54) is 0 Å². The van der Waals surface area contributed by atoms with Gasteiger partial charge in [0.25, 0.3) is 5.71 Å². The third-order valence-corrected chi connectivity index (χ3v) is 4.02. The largest absolute Gasteiger partial charge is 0.587 e. The van der Waals surface area contributed by atoms with Gasteiger partial charge >= 0.3 is 4.96 Å². The van der Waals surface area contributed by atoms with Crippen molar-refractivity contribution in [3.63, 3.8) is 0 Å². The molecule has 78 valence electrons. The van der Waals surface area contributed by atoms with Crippen molar-refractivity contribution in [3.8, 4) is 0 Å². The van der Waals surface area contributed by atoms with Crippen molar-refractivity contribution < 1.29 is 8.97 Å². The molecule has 0 radical (unpaired) electrons. The summed E-state index contributed by atoms with van der Waals surface area (Å²) in [5.74, 6) is 0. The first-order valence-electron chi connectivity index (χ1n) is 4.83. The van der Waals surface area contributed by atoms with Crippen LogP contribution in [0.4, 0.5) is 0 Å². The summed E-state index contributed by atoms with van der Waals surface area (Å²) < 4.78 is 20.0. The van der Waals surface area contributed by atoms with Crippen molar-refractivity contribution in [2.24, 2.45) is 0 Å². The number of para-hydroxylation sites is 2. The van der Waals surface area contributed by atoms with Crippen molar-refractivity contribution in [1.82, 2.24) is 9.38 Å². The maximum absolute atomic E-state index is 12.1. The van der Waals surface area contributed by atoms with Gasteiger partial charge in [0.15, 0.2) is 0 Å². The van der Waals surface area contributed by atoms with E-state index in [9.17, 15) is 4.55 Å². The molecule has 0 spiro atoms. The molecule has 16 heavy (non-hydrogen) atoms. The second kappa shape index (κ2) is 2.63. The number of fused-ring (bicyclic) bond motifs is 5. The van der Waals surface area contributed by atoms with E-state index < -0.39 is 10.8 Å². The van der Waals surface area contributed by atoms with E-state index >= 15 is 0 Å². The van der Waals surface area contributed by atoms with Crippen LogP contribution in [-0.4, -0.2) is 13.9 Å². The molecular formula is C11H6N2O2S. The van der Waals surface area contributed by atoms with Crippen LogP contribution < -0.4 is 0 Å². The fourth-order valence-corrected chi connectivity index (χ4v) is 3.22. The molecule has 1 unspecified atom stereocenters. The van der Waals surface area contributed by atoms with E-state index in [-0.39, 0.29) is 0 Å². The maximum Gasteiger partial charge on any atom is 0.354 e. The van der Waals surface area contributed by atoms with Gasteiger partial charge in [-0.05, 0) is 12.1 Å². The average molecular weight is 230 g/mol. The molecule has 5 heteroatoms. The Morgan fingerprint density at radius 3 is 3.06 bits per heavy atom. The number of furan rings is 1. The zero-order chi connectivity index (χ0) is 10.7. The number of aromatic nitrogens is 2. The van der Waals surface area contributed by atoms with Crippen molar-refractivity contribution >= 4 is 37.2 Å². The summed E-state index contributed by atoms with van der Waals surface area (Å²) in [4.78, 5) is 4.92. The Morgan fingerprint density at radius 1 is 1.25 bits per heavy atom. The highest BCUT2D eigenvalue weighted by Crippen LogP contribution is 2.36. The van der Waals surface area contributed by atoms with Gasteiger partial charge in [0.1, 0.15) is 0 Å². The van der Waals surface area contributed by atoms with Gasteiger partial charge in [-0.25, -0.2) is 4.40 Å². The summed E-state index contributed by atoms with van der Waals surface area (Å²) in [5.41, 5.74) is 2.40. The van der Waals surface area contributed by atoms with Crippen LogP contribution in [-0.2, 0) is 0 Å². The summed E-state index contributed by atoms with van der Waals surface area (Å²) in [5, 5.41) is 0. The quantitative estimate of drug-likeness (QED) is 0.436. The second-order valence-corrected chi connectivity index (χ2v) is 4.92. The normalized spacial score (nSPS) is 13.2. The van der Waals surface area contributed by atoms with E-state index in [0.717, 1.165) is 11.0 Å². The first-order chi connectivity index (χ1) is 7.86. The van der Waals surface area contributed by atoms with E-state index in [0.29, 0.717) is 15.4 Å². The lowest BCUT2D eigenvalue weighted by atomic mass is 10.3. The maximum atomic E-state index is 12.1. The van der Waals surface area contributed by atoms with Crippen LogP contribution in [0.5, 0.6) is 0 Å². The molecule has 1 atom stereocenters. The number of benzene rings is 1. The zero-order valence-electron chi connectivity index (χ0n) is 8.08. The number of rotatable bonds is 0. The first kappa shape index (κ1) is 8.32. The first-order valence-corrected chi connectivity index (χ1v) is 5.98. The Hall–Kier alpha value is -1.85. The minimum Gasteiger partial charge on any atom is -0.587 e. The van der Waals surface area contributed by atoms with Crippen LogP contribution in [0.1, 0.15) is 0 Å². The molecule has 3 heterocycles. The zero-order valence-corrected chi connectivity index (χ0v) is 8.90. The lowest BCUT2D eigenvalue weighted by molar-refractivity contribution is 0.600. The van der Waals surface area contributed by atoms with Gasteiger partial charge in [-0.1, -0.05) is 12.1 Å². The monoisotopic (exact) mass is 230 g/mol. The van der Waals surface area contributed by atoms with Gasteiger partial charge in [0.2, 0.25) is 4.70 Å². The Bertz CT molecular complexity index is 824. The Labute approximate surface area is 92.5 Å². The molecular weight excluding hydrogens is 224 g/mol. The van der Waals surface area contributed by atoms with Gasteiger partial charge in [-0.3, -0.25) is 0 Å². The van der Waals surface area contributed by atoms with Gasteiger partial charge < -0.3 is 8.97 Å². The van der Waals surface area contributed by atoms with Crippen LogP contribution in [0.3, 0.4) is 0 Å². The summed E-state index contributed by atoms with van der Waals surface area (Å²) in [7, 11) is -1.22. The van der Waals surface area contributed by atoms with E-state index in [1.54, 1.807) is 12.3 Å². The van der Waals surface area contributed by atoms with E-state index in [4.69, 9.17) is 4.42 Å². The van der Waals surface area contributed by atoms with E-state index in [1.807, 2.05) is 28.7 Å². The lowest BCUT2D eigenvalue weighted by Crippen LogP contribution is -1.76. The standard InChI is InChI=1S/C11H6N2O2S/c14-16-9-5-6-15-10(9)13-8-4-2-1-3-7(8)12-11(13)16/h1-6H. The van der Waals surface area contributed by atoms with E-state index in [2.05, 4.69) is 4.98 Å². The van der Waals surface area contributed by atoms with Gasteiger partial charge in [0.05, 0.1) is 17.3 Å². The number of nitrogens with zero attached hydrogens (tertiary/aromatic N) is 2. The van der Waals surface area contributed by atoms with Gasteiger partial charge in [-0.2, -0.15) is 4.98 Å². The molecule has 4 aromatic rings. The third-order valence-electron chi connectivity index (χ3n) is 2.71. The molecule has 0 aliphatic rings. The third kappa shape index (κ3) is 0.811. The highest BCUT2D eigenvalue weighted by atomic mass is 32.2. The Morgan fingerprint density at radius 2 is 2.12 bits per heavy atom. The molecule has 0 N–H and O–H groups in total.